The van der Waals surface area contributed by atoms with E-state index in [9.17, 15) is 4.79 Å². The van der Waals surface area contributed by atoms with Gasteiger partial charge in [0.25, 0.3) is 0 Å². The summed E-state index contributed by atoms with van der Waals surface area (Å²) in [5.74, 6) is 0.612. The molecule has 6 nitrogen and oxygen atoms in total. The van der Waals surface area contributed by atoms with E-state index in [-0.39, 0.29) is 17.8 Å². The van der Waals surface area contributed by atoms with E-state index in [4.69, 9.17) is 15.2 Å². The van der Waals surface area contributed by atoms with Crippen LogP contribution >= 0.6 is 0 Å². The van der Waals surface area contributed by atoms with E-state index < -0.39 is 0 Å². The van der Waals surface area contributed by atoms with Crippen LogP contribution in [-0.2, 0) is 9.47 Å². The zero-order valence-corrected chi connectivity index (χ0v) is 11.6. The van der Waals surface area contributed by atoms with E-state index in [1.54, 1.807) is 25.0 Å². The average molecular weight is 267 g/mol. The van der Waals surface area contributed by atoms with Crippen LogP contribution in [-0.4, -0.2) is 36.5 Å². The van der Waals surface area contributed by atoms with E-state index in [0.717, 1.165) is 18.4 Å². The number of rotatable bonds is 4. The summed E-state index contributed by atoms with van der Waals surface area (Å²) in [5.41, 5.74) is 6.18. The second-order valence-corrected chi connectivity index (χ2v) is 5.11. The topological polar surface area (TPSA) is 79.4 Å². The second-order valence-electron chi connectivity index (χ2n) is 5.11. The highest BCUT2D eigenvalue weighted by Gasteiger charge is 2.35. The fourth-order valence-corrected chi connectivity index (χ4v) is 2.80. The summed E-state index contributed by atoms with van der Waals surface area (Å²) in [6.45, 7) is 2.50. The molecule has 1 aromatic rings. The largest absolute Gasteiger partial charge is 0.384 e. The lowest BCUT2D eigenvalue weighted by molar-refractivity contribution is 0.0330. The number of hydrogen-bond donors (Lipinski definition) is 1. The summed E-state index contributed by atoms with van der Waals surface area (Å²) in [6, 6.07) is 0.101. The molecule has 1 aromatic heterocycles. The van der Waals surface area contributed by atoms with Crippen LogP contribution in [0.15, 0.2) is 11.0 Å². The molecule has 0 saturated heterocycles. The van der Waals surface area contributed by atoms with Crippen LogP contribution in [0.2, 0.25) is 0 Å². The van der Waals surface area contributed by atoms with Crippen LogP contribution < -0.4 is 11.4 Å². The van der Waals surface area contributed by atoms with Gasteiger partial charge in [0.2, 0.25) is 0 Å². The number of aryl methyl sites for hydroxylation is 1. The van der Waals surface area contributed by atoms with Crippen LogP contribution in [0.25, 0.3) is 0 Å². The maximum absolute atomic E-state index is 11.9. The first-order valence-corrected chi connectivity index (χ1v) is 6.43. The molecular weight excluding hydrogens is 246 g/mol. The summed E-state index contributed by atoms with van der Waals surface area (Å²) in [7, 11) is 3.38. The molecule has 2 N–H and O–H groups in total. The first kappa shape index (κ1) is 14.0. The monoisotopic (exact) mass is 267 g/mol. The Balaban J connectivity index is 2.24. The molecule has 19 heavy (non-hydrogen) atoms. The summed E-state index contributed by atoms with van der Waals surface area (Å²) in [5, 5.41) is 0. The third-order valence-corrected chi connectivity index (χ3v) is 3.86. The first-order chi connectivity index (χ1) is 9.06. The Morgan fingerprint density at radius 2 is 2.21 bits per heavy atom. The van der Waals surface area contributed by atoms with Gasteiger partial charge in [-0.1, -0.05) is 0 Å². The van der Waals surface area contributed by atoms with E-state index in [1.165, 1.54) is 0 Å². The van der Waals surface area contributed by atoms with Gasteiger partial charge in [-0.05, 0) is 19.8 Å². The van der Waals surface area contributed by atoms with Crippen molar-refractivity contribution in [1.29, 1.82) is 0 Å². The van der Waals surface area contributed by atoms with Gasteiger partial charge in [-0.2, -0.15) is 4.98 Å². The summed E-state index contributed by atoms with van der Waals surface area (Å²) >= 11 is 0. The smallest absolute Gasteiger partial charge is 0.349 e. The number of nitrogen functional groups attached to an aromatic ring is 1. The lowest BCUT2D eigenvalue weighted by Gasteiger charge is -2.15. The van der Waals surface area contributed by atoms with Crippen molar-refractivity contribution < 1.29 is 9.47 Å². The Hall–Kier alpha value is -1.40. The van der Waals surface area contributed by atoms with Crippen molar-refractivity contribution in [3.8, 4) is 0 Å². The Bertz CT molecular complexity index is 500. The van der Waals surface area contributed by atoms with Crippen molar-refractivity contribution >= 4 is 5.82 Å². The lowest BCUT2D eigenvalue weighted by Crippen LogP contribution is -2.27. The standard InChI is InChI=1S/C13H21N3O3/c1-8-6-16(13(17)15-12(8)14)10-4-9(7-18-2)11(5-10)19-3/h6,9-11H,4-5,7H2,1-3H3,(H2,14,15,17)/t9-,10-,11+/m1/s1. The predicted molar refractivity (Wildman–Crippen MR) is 72.1 cm³/mol. The van der Waals surface area contributed by atoms with Crippen LogP contribution in [0.4, 0.5) is 5.82 Å². The van der Waals surface area contributed by atoms with Crippen LogP contribution in [0.3, 0.4) is 0 Å². The van der Waals surface area contributed by atoms with Gasteiger partial charge in [-0.15, -0.1) is 0 Å². The molecule has 106 valence electrons. The van der Waals surface area contributed by atoms with E-state index in [2.05, 4.69) is 4.98 Å². The molecule has 0 bridgehead atoms. The highest BCUT2D eigenvalue weighted by Crippen LogP contribution is 2.36. The zero-order chi connectivity index (χ0) is 14.0. The Labute approximate surface area is 112 Å². The predicted octanol–water partition coefficient (Wildman–Crippen LogP) is 0.746. The highest BCUT2D eigenvalue weighted by molar-refractivity contribution is 5.35. The Morgan fingerprint density at radius 3 is 2.84 bits per heavy atom. The number of hydrogen-bond acceptors (Lipinski definition) is 5. The van der Waals surface area contributed by atoms with Gasteiger partial charge in [0, 0.05) is 37.9 Å². The summed E-state index contributed by atoms with van der Waals surface area (Å²) in [4.78, 5) is 15.8. The van der Waals surface area contributed by atoms with Crippen LogP contribution in [0, 0.1) is 12.8 Å². The molecule has 1 aliphatic rings. The van der Waals surface area contributed by atoms with Crippen molar-refractivity contribution in [3.05, 3.63) is 22.2 Å². The van der Waals surface area contributed by atoms with Crippen molar-refractivity contribution in [2.45, 2.75) is 31.9 Å². The van der Waals surface area contributed by atoms with Gasteiger partial charge >= 0.3 is 5.69 Å². The molecule has 0 amide bonds. The molecular formula is C13H21N3O3. The van der Waals surface area contributed by atoms with Gasteiger partial charge in [0.05, 0.1) is 12.7 Å². The molecule has 1 heterocycles. The van der Waals surface area contributed by atoms with Crippen LogP contribution in [0.1, 0.15) is 24.4 Å². The molecule has 1 fully saturated rings. The van der Waals surface area contributed by atoms with Crippen molar-refractivity contribution in [2.75, 3.05) is 26.6 Å². The minimum absolute atomic E-state index is 0.101. The van der Waals surface area contributed by atoms with Gasteiger partial charge < -0.3 is 15.2 Å². The van der Waals surface area contributed by atoms with Crippen molar-refractivity contribution in [1.82, 2.24) is 9.55 Å². The first-order valence-electron chi connectivity index (χ1n) is 6.43. The van der Waals surface area contributed by atoms with Gasteiger partial charge in [0.15, 0.2) is 0 Å². The van der Waals surface area contributed by atoms with E-state index in [0.29, 0.717) is 18.3 Å². The number of nitrogens with two attached hydrogens (primary N) is 1. The third-order valence-electron chi connectivity index (χ3n) is 3.86. The number of methoxy groups -OCH3 is 2. The normalized spacial score (nSPS) is 26.8. The summed E-state index contributed by atoms with van der Waals surface area (Å²) < 4.78 is 12.4. The lowest BCUT2D eigenvalue weighted by atomic mass is 10.1. The molecule has 0 radical (unpaired) electrons. The number of nitrogens with zero attached hydrogens (tertiary/aromatic N) is 2. The van der Waals surface area contributed by atoms with E-state index >= 15 is 0 Å². The van der Waals surface area contributed by atoms with Gasteiger partial charge in [-0.25, -0.2) is 4.79 Å². The molecule has 2 rings (SSSR count). The average Bonchev–Trinajstić information content (AvgIpc) is 2.77. The fourth-order valence-electron chi connectivity index (χ4n) is 2.80. The van der Waals surface area contributed by atoms with E-state index in [1.807, 2.05) is 6.92 Å². The second kappa shape index (κ2) is 5.71. The Morgan fingerprint density at radius 1 is 1.47 bits per heavy atom. The maximum atomic E-state index is 11.9. The van der Waals surface area contributed by atoms with Gasteiger partial charge in [0.1, 0.15) is 5.82 Å². The molecule has 0 unspecified atom stereocenters. The molecule has 1 saturated carbocycles. The number of ether oxygens (including phenoxy) is 2. The number of anilines is 1. The number of aromatic nitrogens is 2. The molecule has 0 spiro atoms. The molecule has 0 aliphatic heterocycles. The van der Waals surface area contributed by atoms with Crippen molar-refractivity contribution in [2.24, 2.45) is 5.92 Å². The highest BCUT2D eigenvalue weighted by atomic mass is 16.5. The minimum Gasteiger partial charge on any atom is -0.384 e. The maximum Gasteiger partial charge on any atom is 0.349 e. The SMILES string of the molecule is COC[C@H]1C[C@@H](n2cc(C)c(N)nc2=O)C[C@@H]1OC. The van der Waals surface area contributed by atoms with Crippen LogP contribution in [0.5, 0.6) is 0 Å². The van der Waals surface area contributed by atoms with Crippen molar-refractivity contribution in [3.63, 3.8) is 0 Å². The Kier molecular flexibility index (Phi) is 4.21. The summed E-state index contributed by atoms with van der Waals surface area (Å²) in [6.07, 6.45) is 3.57. The minimum atomic E-state index is -0.291. The quantitative estimate of drug-likeness (QED) is 0.870. The third kappa shape index (κ3) is 2.79. The molecule has 6 heteroatoms. The molecule has 0 aromatic carbocycles. The molecule has 1 aliphatic carbocycles. The molecule has 3 atom stereocenters. The zero-order valence-electron chi connectivity index (χ0n) is 11.6. The fraction of sp³-hybridized carbons (Fsp3) is 0.692. The van der Waals surface area contributed by atoms with Gasteiger partial charge in [-0.3, -0.25) is 4.57 Å².